The molecule has 9 heteroatoms. The molecule has 1 aliphatic heterocycles. The summed E-state index contributed by atoms with van der Waals surface area (Å²) in [5.41, 5.74) is 1.77. The number of aromatic nitrogens is 4. The summed E-state index contributed by atoms with van der Waals surface area (Å²) in [7, 11) is 1.65. The highest BCUT2D eigenvalue weighted by atomic mass is 35.5. The minimum Gasteiger partial charge on any atom is -0.497 e. The molecular formula is C24H28ClN5O3. The summed E-state index contributed by atoms with van der Waals surface area (Å²) in [6.45, 7) is 3.77. The van der Waals surface area contributed by atoms with Gasteiger partial charge in [-0.05, 0) is 66.4 Å². The number of carbonyl (C=O) groups excluding carboxylic acids is 1. The van der Waals surface area contributed by atoms with Crippen LogP contribution in [0.2, 0.25) is 5.02 Å². The van der Waals surface area contributed by atoms with Crippen LogP contribution in [0.1, 0.15) is 37.8 Å². The molecule has 33 heavy (non-hydrogen) atoms. The molecule has 2 aromatic carbocycles. The predicted octanol–water partition coefficient (Wildman–Crippen LogP) is 3.82. The summed E-state index contributed by atoms with van der Waals surface area (Å²) >= 11 is 5.96. The largest absolute Gasteiger partial charge is 0.497 e. The zero-order valence-corrected chi connectivity index (χ0v) is 19.6. The fraction of sp³-hybridized carbons (Fsp3) is 0.417. The maximum atomic E-state index is 13.2. The van der Waals surface area contributed by atoms with Crippen LogP contribution in [0, 0.1) is 0 Å². The molecule has 1 atom stereocenters. The summed E-state index contributed by atoms with van der Waals surface area (Å²) in [5, 5.41) is 16.5. The fourth-order valence-electron chi connectivity index (χ4n) is 4.17. The Labute approximate surface area is 198 Å². The Morgan fingerprint density at radius 2 is 1.88 bits per heavy atom. The second-order valence-electron chi connectivity index (χ2n) is 8.20. The van der Waals surface area contributed by atoms with E-state index < -0.39 is 6.04 Å². The molecule has 1 fully saturated rings. The summed E-state index contributed by atoms with van der Waals surface area (Å²) in [6.07, 6.45) is 2.21. The maximum absolute atomic E-state index is 13.2. The van der Waals surface area contributed by atoms with E-state index in [2.05, 4.69) is 32.9 Å². The van der Waals surface area contributed by atoms with Crippen LogP contribution in [0.15, 0.2) is 48.5 Å². The average Bonchev–Trinajstić information content (AvgIpc) is 3.34. The number of ether oxygens (including phenoxy) is 2. The third kappa shape index (κ3) is 5.17. The SMILES string of the molecule is CCC(C(=O)NCC1(c2ccc(OC)cc2)CCOCC1)n1nnc(-c2ccc(Cl)cc2)n1. The number of nitrogens with zero attached hydrogens (tertiary/aromatic N) is 4. The Bertz CT molecular complexity index is 1060. The lowest BCUT2D eigenvalue weighted by atomic mass is 9.74. The van der Waals surface area contributed by atoms with Crippen LogP contribution in [-0.2, 0) is 14.9 Å². The lowest BCUT2D eigenvalue weighted by Crippen LogP contribution is -2.46. The molecule has 1 saturated heterocycles. The van der Waals surface area contributed by atoms with E-state index in [4.69, 9.17) is 21.1 Å². The number of tetrazole rings is 1. The molecule has 0 radical (unpaired) electrons. The quantitative estimate of drug-likeness (QED) is 0.539. The third-order valence-corrected chi connectivity index (χ3v) is 6.50. The van der Waals surface area contributed by atoms with Crippen LogP contribution in [0.4, 0.5) is 0 Å². The van der Waals surface area contributed by atoms with Crippen molar-refractivity contribution in [1.29, 1.82) is 0 Å². The van der Waals surface area contributed by atoms with Gasteiger partial charge in [-0.15, -0.1) is 10.2 Å². The molecule has 1 aromatic heterocycles. The zero-order chi connectivity index (χ0) is 23.3. The number of halogens is 1. The number of hydrogen-bond donors (Lipinski definition) is 1. The highest BCUT2D eigenvalue weighted by molar-refractivity contribution is 6.30. The van der Waals surface area contributed by atoms with Gasteiger partial charge in [0.25, 0.3) is 0 Å². The fourth-order valence-corrected chi connectivity index (χ4v) is 4.30. The molecule has 174 valence electrons. The molecule has 8 nitrogen and oxygen atoms in total. The topological polar surface area (TPSA) is 91.2 Å². The van der Waals surface area contributed by atoms with Crippen molar-refractivity contribution in [3.05, 3.63) is 59.1 Å². The standard InChI is InChI=1S/C24H28ClN5O3/c1-3-21(30-28-22(27-29-30)17-4-8-19(25)9-5-17)23(31)26-16-24(12-14-33-15-13-24)18-6-10-20(32-2)11-7-18/h4-11,21H,3,12-16H2,1-2H3,(H,26,31). The van der Waals surface area contributed by atoms with Crippen molar-refractivity contribution in [3.8, 4) is 17.1 Å². The van der Waals surface area contributed by atoms with Gasteiger partial charge in [0.2, 0.25) is 11.7 Å². The van der Waals surface area contributed by atoms with E-state index in [9.17, 15) is 4.79 Å². The van der Waals surface area contributed by atoms with Gasteiger partial charge in [-0.3, -0.25) is 4.79 Å². The Morgan fingerprint density at radius 1 is 1.18 bits per heavy atom. The first-order valence-electron chi connectivity index (χ1n) is 11.1. The highest BCUT2D eigenvalue weighted by Crippen LogP contribution is 2.35. The number of hydrogen-bond acceptors (Lipinski definition) is 6. The molecule has 1 aliphatic rings. The van der Waals surface area contributed by atoms with Gasteiger partial charge in [0.15, 0.2) is 6.04 Å². The van der Waals surface area contributed by atoms with Gasteiger partial charge in [-0.1, -0.05) is 30.7 Å². The Kier molecular flexibility index (Phi) is 7.25. The van der Waals surface area contributed by atoms with Crippen LogP contribution in [0.3, 0.4) is 0 Å². The van der Waals surface area contributed by atoms with E-state index >= 15 is 0 Å². The Morgan fingerprint density at radius 3 is 2.52 bits per heavy atom. The number of benzene rings is 2. The van der Waals surface area contributed by atoms with Crippen molar-refractivity contribution < 1.29 is 14.3 Å². The minimum absolute atomic E-state index is 0.128. The van der Waals surface area contributed by atoms with Crippen molar-refractivity contribution in [2.24, 2.45) is 0 Å². The number of nitrogens with one attached hydrogen (secondary N) is 1. The first-order chi connectivity index (χ1) is 16.0. The first kappa shape index (κ1) is 23.2. The number of rotatable bonds is 8. The van der Waals surface area contributed by atoms with Gasteiger partial charge in [-0.25, -0.2) is 0 Å². The molecule has 0 saturated carbocycles. The van der Waals surface area contributed by atoms with Crippen molar-refractivity contribution in [2.75, 3.05) is 26.9 Å². The van der Waals surface area contributed by atoms with Crippen LogP contribution in [0.25, 0.3) is 11.4 Å². The van der Waals surface area contributed by atoms with Gasteiger partial charge in [-0.2, -0.15) is 4.80 Å². The second kappa shape index (κ2) is 10.3. The van der Waals surface area contributed by atoms with Crippen LogP contribution < -0.4 is 10.1 Å². The lowest BCUT2D eigenvalue weighted by Gasteiger charge is -2.38. The van der Waals surface area contributed by atoms with Crippen molar-refractivity contribution >= 4 is 17.5 Å². The number of methoxy groups -OCH3 is 1. The van der Waals surface area contributed by atoms with Crippen molar-refractivity contribution in [3.63, 3.8) is 0 Å². The molecule has 3 aromatic rings. The van der Waals surface area contributed by atoms with Gasteiger partial charge >= 0.3 is 0 Å². The van der Waals surface area contributed by atoms with Crippen LogP contribution in [0.5, 0.6) is 5.75 Å². The van der Waals surface area contributed by atoms with Gasteiger partial charge < -0.3 is 14.8 Å². The highest BCUT2D eigenvalue weighted by Gasteiger charge is 2.36. The Hall–Kier alpha value is -2.97. The van der Waals surface area contributed by atoms with E-state index in [-0.39, 0.29) is 11.3 Å². The van der Waals surface area contributed by atoms with E-state index in [0.717, 1.165) is 24.2 Å². The smallest absolute Gasteiger partial charge is 0.246 e. The average molecular weight is 470 g/mol. The maximum Gasteiger partial charge on any atom is 0.246 e. The Balaban J connectivity index is 1.48. The van der Waals surface area contributed by atoms with Gasteiger partial charge in [0.05, 0.1) is 7.11 Å². The van der Waals surface area contributed by atoms with E-state index in [1.54, 1.807) is 19.2 Å². The number of amides is 1. The van der Waals surface area contributed by atoms with E-state index in [1.807, 2.05) is 31.2 Å². The zero-order valence-electron chi connectivity index (χ0n) is 18.8. The molecule has 4 rings (SSSR count). The molecule has 2 heterocycles. The minimum atomic E-state index is -0.550. The van der Waals surface area contributed by atoms with Gasteiger partial charge in [0.1, 0.15) is 5.75 Å². The summed E-state index contributed by atoms with van der Waals surface area (Å²) in [6, 6.07) is 14.7. The molecule has 1 unspecified atom stereocenters. The molecule has 0 spiro atoms. The predicted molar refractivity (Wildman–Crippen MR) is 125 cm³/mol. The van der Waals surface area contributed by atoms with Crippen molar-refractivity contribution in [1.82, 2.24) is 25.5 Å². The molecule has 0 bridgehead atoms. The summed E-state index contributed by atoms with van der Waals surface area (Å²) in [5.74, 6) is 1.14. The van der Waals surface area contributed by atoms with Crippen LogP contribution >= 0.6 is 11.6 Å². The molecule has 1 N–H and O–H groups in total. The lowest BCUT2D eigenvalue weighted by molar-refractivity contribution is -0.125. The van der Waals surface area contributed by atoms with E-state index in [0.29, 0.717) is 37.0 Å². The molecule has 0 aliphatic carbocycles. The third-order valence-electron chi connectivity index (χ3n) is 6.25. The van der Waals surface area contributed by atoms with Crippen molar-refractivity contribution in [2.45, 2.75) is 37.6 Å². The molecule has 1 amide bonds. The van der Waals surface area contributed by atoms with Crippen LogP contribution in [-0.4, -0.2) is 53.0 Å². The summed E-state index contributed by atoms with van der Waals surface area (Å²) < 4.78 is 10.9. The van der Waals surface area contributed by atoms with Gasteiger partial charge in [0, 0.05) is 35.8 Å². The normalized spacial score (nSPS) is 16.2. The molecular weight excluding hydrogens is 442 g/mol. The monoisotopic (exact) mass is 469 g/mol. The second-order valence-corrected chi connectivity index (χ2v) is 8.64. The summed E-state index contributed by atoms with van der Waals surface area (Å²) in [4.78, 5) is 14.6. The van der Waals surface area contributed by atoms with E-state index in [1.165, 1.54) is 10.4 Å². The first-order valence-corrected chi connectivity index (χ1v) is 11.5. The number of carbonyl (C=O) groups is 1.